The Kier molecular flexibility index (Phi) is 4.40. The lowest BCUT2D eigenvalue weighted by molar-refractivity contribution is 0.589. The highest BCUT2D eigenvalue weighted by Gasteiger charge is 2.01. The van der Waals surface area contributed by atoms with E-state index in [4.69, 9.17) is 11.6 Å². The molecule has 0 fully saturated rings. The van der Waals surface area contributed by atoms with Gasteiger partial charge in [-0.05, 0) is 34.9 Å². The van der Waals surface area contributed by atoms with Crippen LogP contribution < -0.4 is 5.32 Å². The molecule has 0 amide bonds. The van der Waals surface area contributed by atoms with Crippen LogP contribution in [0.2, 0.25) is 5.02 Å². The summed E-state index contributed by atoms with van der Waals surface area (Å²) in [5.41, 5.74) is 3.66. The molecule has 94 valence electrons. The second-order valence-electron chi connectivity index (χ2n) is 4.75. The first-order chi connectivity index (χ1) is 8.65. The molecule has 0 saturated carbocycles. The first-order valence-electron chi connectivity index (χ1n) is 6.23. The summed E-state index contributed by atoms with van der Waals surface area (Å²) in [6, 6.07) is 17.0. The zero-order valence-corrected chi connectivity index (χ0v) is 11.5. The molecule has 0 atom stereocenters. The van der Waals surface area contributed by atoms with Crippen molar-refractivity contribution in [2.75, 3.05) is 0 Å². The normalized spacial score (nSPS) is 10.9. The standard InChI is InChI=1S/C16H18ClN/c1-12(2)18-11-13-5-3-6-14(9-13)15-7-4-8-16(17)10-15/h3-10,12,18H,11H2,1-2H3. The molecule has 0 aliphatic carbocycles. The zero-order chi connectivity index (χ0) is 13.0. The molecular weight excluding hydrogens is 242 g/mol. The molecule has 2 aromatic rings. The van der Waals surface area contributed by atoms with E-state index in [0.717, 1.165) is 17.1 Å². The predicted molar refractivity (Wildman–Crippen MR) is 78.9 cm³/mol. The highest BCUT2D eigenvalue weighted by molar-refractivity contribution is 6.30. The van der Waals surface area contributed by atoms with Crippen molar-refractivity contribution in [1.82, 2.24) is 5.32 Å². The van der Waals surface area contributed by atoms with Crippen LogP contribution in [0.5, 0.6) is 0 Å². The van der Waals surface area contributed by atoms with Gasteiger partial charge in [0.05, 0.1) is 0 Å². The quantitative estimate of drug-likeness (QED) is 0.852. The summed E-state index contributed by atoms with van der Waals surface area (Å²) in [4.78, 5) is 0. The molecule has 0 aliphatic heterocycles. The second kappa shape index (κ2) is 6.03. The van der Waals surface area contributed by atoms with E-state index in [9.17, 15) is 0 Å². The van der Waals surface area contributed by atoms with E-state index in [1.165, 1.54) is 11.1 Å². The molecular formula is C16H18ClN. The van der Waals surface area contributed by atoms with Gasteiger partial charge in [-0.2, -0.15) is 0 Å². The Bertz CT molecular complexity index is 520. The van der Waals surface area contributed by atoms with Gasteiger partial charge in [0.25, 0.3) is 0 Å². The van der Waals surface area contributed by atoms with Gasteiger partial charge in [0, 0.05) is 17.6 Å². The smallest absolute Gasteiger partial charge is 0.0412 e. The lowest BCUT2D eigenvalue weighted by Crippen LogP contribution is -2.21. The fourth-order valence-corrected chi connectivity index (χ4v) is 2.04. The number of nitrogens with one attached hydrogen (secondary N) is 1. The Labute approximate surface area is 114 Å². The van der Waals surface area contributed by atoms with Gasteiger partial charge in [-0.1, -0.05) is 55.8 Å². The van der Waals surface area contributed by atoms with E-state index in [1.54, 1.807) is 0 Å². The highest BCUT2D eigenvalue weighted by atomic mass is 35.5. The van der Waals surface area contributed by atoms with Crippen molar-refractivity contribution < 1.29 is 0 Å². The Balaban J connectivity index is 2.21. The van der Waals surface area contributed by atoms with Crippen LogP contribution in [0.1, 0.15) is 19.4 Å². The number of hydrogen-bond acceptors (Lipinski definition) is 1. The number of benzene rings is 2. The lowest BCUT2D eigenvalue weighted by Gasteiger charge is -2.09. The van der Waals surface area contributed by atoms with Crippen molar-refractivity contribution in [3.63, 3.8) is 0 Å². The maximum Gasteiger partial charge on any atom is 0.0412 e. The summed E-state index contributed by atoms with van der Waals surface area (Å²) >= 11 is 6.02. The summed E-state index contributed by atoms with van der Waals surface area (Å²) in [5.74, 6) is 0. The third kappa shape index (κ3) is 3.59. The van der Waals surface area contributed by atoms with E-state index in [0.29, 0.717) is 6.04 Å². The lowest BCUT2D eigenvalue weighted by atomic mass is 10.0. The van der Waals surface area contributed by atoms with E-state index >= 15 is 0 Å². The molecule has 2 heteroatoms. The summed E-state index contributed by atoms with van der Waals surface area (Å²) < 4.78 is 0. The Hall–Kier alpha value is -1.31. The Morgan fingerprint density at radius 3 is 2.33 bits per heavy atom. The summed E-state index contributed by atoms with van der Waals surface area (Å²) in [7, 11) is 0. The molecule has 18 heavy (non-hydrogen) atoms. The number of halogens is 1. The molecule has 0 aliphatic rings. The molecule has 0 aromatic heterocycles. The molecule has 0 radical (unpaired) electrons. The van der Waals surface area contributed by atoms with E-state index in [1.807, 2.05) is 18.2 Å². The molecule has 0 saturated heterocycles. The van der Waals surface area contributed by atoms with Gasteiger partial charge in [-0.3, -0.25) is 0 Å². The average molecular weight is 260 g/mol. The van der Waals surface area contributed by atoms with Crippen molar-refractivity contribution in [2.24, 2.45) is 0 Å². The van der Waals surface area contributed by atoms with Crippen LogP contribution in [0.15, 0.2) is 48.5 Å². The van der Waals surface area contributed by atoms with Crippen molar-refractivity contribution >= 4 is 11.6 Å². The third-order valence-electron chi connectivity index (χ3n) is 2.80. The van der Waals surface area contributed by atoms with Gasteiger partial charge in [-0.15, -0.1) is 0 Å². The second-order valence-corrected chi connectivity index (χ2v) is 5.18. The molecule has 0 heterocycles. The summed E-state index contributed by atoms with van der Waals surface area (Å²) in [6.07, 6.45) is 0. The van der Waals surface area contributed by atoms with Gasteiger partial charge in [0.1, 0.15) is 0 Å². The number of hydrogen-bond donors (Lipinski definition) is 1. The predicted octanol–water partition coefficient (Wildman–Crippen LogP) is 4.51. The van der Waals surface area contributed by atoms with Gasteiger partial charge in [0.15, 0.2) is 0 Å². The van der Waals surface area contributed by atoms with E-state index < -0.39 is 0 Å². The molecule has 2 aromatic carbocycles. The minimum Gasteiger partial charge on any atom is -0.310 e. The van der Waals surface area contributed by atoms with Crippen molar-refractivity contribution in [3.05, 3.63) is 59.1 Å². The van der Waals surface area contributed by atoms with Gasteiger partial charge in [0.2, 0.25) is 0 Å². The molecule has 1 N–H and O–H groups in total. The van der Waals surface area contributed by atoms with E-state index in [2.05, 4.69) is 49.5 Å². The van der Waals surface area contributed by atoms with Crippen LogP contribution in [-0.2, 0) is 6.54 Å². The SMILES string of the molecule is CC(C)NCc1cccc(-c2cccc(Cl)c2)c1. The minimum atomic E-state index is 0.500. The van der Waals surface area contributed by atoms with Crippen LogP contribution in [0, 0.1) is 0 Å². The minimum absolute atomic E-state index is 0.500. The number of rotatable bonds is 4. The van der Waals surface area contributed by atoms with Crippen LogP contribution in [0.3, 0.4) is 0 Å². The molecule has 2 rings (SSSR count). The molecule has 0 unspecified atom stereocenters. The molecule has 0 spiro atoms. The van der Waals surface area contributed by atoms with E-state index in [-0.39, 0.29) is 0 Å². The van der Waals surface area contributed by atoms with Gasteiger partial charge >= 0.3 is 0 Å². The van der Waals surface area contributed by atoms with Crippen molar-refractivity contribution in [3.8, 4) is 11.1 Å². The van der Waals surface area contributed by atoms with Crippen LogP contribution >= 0.6 is 11.6 Å². The molecule has 1 nitrogen and oxygen atoms in total. The largest absolute Gasteiger partial charge is 0.310 e. The van der Waals surface area contributed by atoms with Gasteiger partial charge in [-0.25, -0.2) is 0 Å². The molecule has 0 bridgehead atoms. The monoisotopic (exact) mass is 259 g/mol. The first kappa shape index (κ1) is 13.1. The summed E-state index contributed by atoms with van der Waals surface area (Å²) in [6.45, 7) is 5.20. The summed E-state index contributed by atoms with van der Waals surface area (Å²) in [5, 5.41) is 4.20. The van der Waals surface area contributed by atoms with Crippen molar-refractivity contribution in [1.29, 1.82) is 0 Å². The first-order valence-corrected chi connectivity index (χ1v) is 6.61. The third-order valence-corrected chi connectivity index (χ3v) is 3.03. The fourth-order valence-electron chi connectivity index (χ4n) is 1.85. The van der Waals surface area contributed by atoms with Crippen LogP contribution in [-0.4, -0.2) is 6.04 Å². The maximum atomic E-state index is 6.02. The fraction of sp³-hybridized carbons (Fsp3) is 0.250. The van der Waals surface area contributed by atoms with Crippen LogP contribution in [0.25, 0.3) is 11.1 Å². The van der Waals surface area contributed by atoms with Crippen LogP contribution in [0.4, 0.5) is 0 Å². The maximum absolute atomic E-state index is 6.02. The Morgan fingerprint density at radius 1 is 1.00 bits per heavy atom. The zero-order valence-electron chi connectivity index (χ0n) is 10.8. The Morgan fingerprint density at radius 2 is 1.67 bits per heavy atom. The topological polar surface area (TPSA) is 12.0 Å². The van der Waals surface area contributed by atoms with Gasteiger partial charge < -0.3 is 5.32 Å². The highest BCUT2D eigenvalue weighted by Crippen LogP contribution is 2.23. The average Bonchev–Trinajstić information content (AvgIpc) is 2.37. The van der Waals surface area contributed by atoms with Crippen molar-refractivity contribution in [2.45, 2.75) is 26.4 Å².